The number of benzene rings is 2. The summed E-state index contributed by atoms with van der Waals surface area (Å²) in [6.45, 7) is 5.74. The number of sulfonamides is 1. The fourth-order valence-corrected chi connectivity index (χ4v) is 4.85. The number of halogens is 2. The molecule has 0 fully saturated rings. The Balaban J connectivity index is 2.46. The van der Waals surface area contributed by atoms with Gasteiger partial charge in [0.2, 0.25) is 21.8 Å². The van der Waals surface area contributed by atoms with Crippen molar-refractivity contribution in [3.8, 4) is 5.75 Å². The first-order chi connectivity index (χ1) is 16.9. The van der Waals surface area contributed by atoms with Gasteiger partial charge in [-0.05, 0) is 42.2 Å². The summed E-state index contributed by atoms with van der Waals surface area (Å²) in [5.41, 5.74) is 0.840. The molecule has 36 heavy (non-hydrogen) atoms. The third-order valence-corrected chi connectivity index (χ3v) is 7.40. The molecule has 1 N–H and O–H groups in total. The number of rotatable bonds is 12. The van der Waals surface area contributed by atoms with Crippen LogP contribution in [0.15, 0.2) is 42.5 Å². The van der Waals surface area contributed by atoms with E-state index in [-0.39, 0.29) is 34.1 Å². The zero-order chi connectivity index (χ0) is 27.0. The second-order valence-electron chi connectivity index (χ2n) is 8.78. The van der Waals surface area contributed by atoms with Crippen LogP contribution in [0.2, 0.25) is 10.0 Å². The fraction of sp³-hybridized carbons (Fsp3) is 0.440. The third-order valence-electron chi connectivity index (χ3n) is 5.46. The molecule has 2 aromatic rings. The summed E-state index contributed by atoms with van der Waals surface area (Å²) in [6.07, 6.45) is 1.32. The Hall–Kier alpha value is -2.49. The summed E-state index contributed by atoms with van der Waals surface area (Å²) in [6, 6.07) is 10.8. The Kier molecular flexibility index (Phi) is 10.9. The molecule has 0 saturated heterocycles. The number of hydrogen-bond donors (Lipinski definition) is 1. The number of hydrogen-bond acceptors (Lipinski definition) is 5. The molecule has 0 radical (unpaired) electrons. The van der Waals surface area contributed by atoms with Crippen molar-refractivity contribution in [2.45, 2.75) is 39.8 Å². The predicted octanol–water partition coefficient (Wildman–Crippen LogP) is 4.35. The van der Waals surface area contributed by atoms with Crippen LogP contribution in [0, 0.1) is 5.92 Å². The summed E-state index contributed by atoms with van der Waals surface area (Å²) in [5.74, 6) is 0.0127. The van der Waals surface area contributed by atoms with Crippen LogP contribution >= 0.6 is 23.2 Å². The predicted molar refractivity (Wildman–Crippen MR) is 144 cm³/mol. The highest BCUT2D eigenvalue weighted by molar-refractivity contribution is 7.92. The Morgan fingerprint density at radius 3 is 2.25 bits per heavy atom. The number of nitrogens with one attached hydrogen (secondary N) is 1. The molecule has 1 atom stereocenters. The fourth-order valence-electron chi connectivity index (χ4n) is 3.55. The van der Waals surface area contributed by atoms with Gasteiger partial charge in [-0.15, -0.1) is 0 Å². The lowest BCUT2D eigenvalue weighted by Crippen LogP contribution is -2.52. The molecule has 0 aliphatic rings. The zero-order valence-corrected chi connectivity index (χ0v) is 23.5. The lowest BCUT2D eigenvalue weighted by atomic mass is 10.1. The second-order valence-corrected chi connectivity index (χ2v) is 11.5. The summed E-state index contributed by atoms with van der Waals surface area (Å²) >= 11 is 12.4. The lowest BCUT2D eigenvalue weighted by Gasteiger charge is -2.33. The van der Waals surface area contributed by atoms with Crippen LogP contribution in [-0.4, -0.2) is 57.6 Å². The number of carbonyl (C=O) groups excluding carboxylic acids is 2. The van der Waals surface area contributed by atoms with E-state index in [1.807, 2.05) is 13.8 Å². The van der Waals surface area contributed by atoms with Crippen LogP contribution < -0.4 is 14.4 Å². The molecule has 2 amide bonds. The molecule has 2 aromatic carbocycles. The van der Waals surface area contributed by atoms with Gasteiger partial charge in [0, 0.05) is 13.1 Å². The molecule has 0 spiro atoms. The van der Waals surface area contributed by atoms with E-state index >= 15 is 0 Å². The lowest BCUT2D eigenvalue weighted by molar-refractivity contribution is -0.140. The van der Waals surface area contributed by atoms with Gasteiger partial charge in [0.25, 0.3) is 0 Å². The minimum atomic E-state index is -3.92. The van der Waals surface area contributed by atoms with Crippen molar-refractivity contribution >= 4 is 50.7 Å². The summed E-state index contributed by atoms with van der Waals surface area (Å²) < 4.78 is 31.5. The Labute approximate surface area is 223 Å². The van der Waals surface area contributed by atoms with Crippen molar-refractivity contribution < 1.29 is 22.7 Å². The molecule has 0 bridgehead atoms. The van der Waals surface area contributed by atoms with Crippen molar-refractivity contribution in [2.75, 3.05) is 30.8 Å². The van der Waals surface area contributed by atoms with Crippen molar-refractivity contribution in [2.24, 2.45) is 5.92 Å². The van der Waals surface area contributed by atoms with Gasteiger partial charge >= 0.3 is 0 Å². The van der Waals surface area contributed by atoms with Crippen molar-refractivity contribution in [1.82, 2.24) is 10.2 Å². The van der Waals surface area contributed by atoms with E-state index in [2.05, 4.69) is 5.32 Å². The first-order valence-corrected chi connectivity index (χ1v) is 14.1. The average Bonchev–Trinajstić information content (AvgIpc) is 2.82. The van der Waals surface area contributed by atoms with Gasteiger partial charge in [-0.25, -0.2) is 8.42 Å². The Morgan fingerprint density at radius 2 is 1.72 bits per heavy atom. The zero-order valence-electron chi connectivity index (χ0n) is 21.1. The molecule has 0 saturated carbocycles. The van der Waals surface area contributed by atoms with E-state index in [0.29, 0.717) is 18.7 Å². The summed E-state index contributed by atoms with van der Waals surface area (Å²) in [4.78, 5) is 28.1. The molecule has 0 aliphatic carbocycles. The van der Waals surface area contributed by atoms with E-state index < -0.39 is 28.5 Å². The third kappa shape index (κ3) is 8.01. The number of amides is 2. The molecular weight excluding hydrogens is 525 g/mol. The highest BCUT2D eigenvalue weighted by Crippen LogP contribution is 2.33. The molecular formula is C25H33Cl2N3O5S. The van der Waals surface area contributed by atoms with E-state index in [0.717, 1.165) is 16.1 Å². The van der Waals surface area contributed by atoms with Gasteiger partial charge in [-0.2, -0.15) is 0 Å². The van der Waals surface area contributed by atoms with Crippen LogP contribution in [0.4, 0.5) is 5.69 Å². The normalized spacial score (nSPS) is 12.2. The number of methoxy groups -OCH3 is 1. The van der Waals surface area contributed by atoms with Gasteiger partial charge < -0.3 is 15.0 Å². The number of anilines is 1. The largest absolute Gasteiger partial charge is 0.497 e. The first-order valence-electron chi connectivity index (χ1n) is 11.5. The van der Waals surface area contributed by atoms with Crippen LogP contribution in [0.3, 0.4) is 0 Å². The van der Waals surface area contributed by atoms with Gasteiger partial charge in [-0.1, -0.05) is 62.2 Å². The van der Waals surface area contributed by atoms with Gasteiger partial charge in [-0.3, -0.25) is 13.9 Å². The van der Waals surface area contributed by atoms with Crippen LogP contribution in [-0.2, 0) is 26.2 Å². The van der Waals surface area contributed by atoms with E-state index in [1.54, 1.807) is 44.4 Å². The molecule has 8 nitrogen and oxygen atoms in total. The van der Waals surface area contributed by atoms with E-state index in [1.165, 1.54) is 17.0 Å². The van der Waals surface area contributed by atoms with Crippen LogP contribution in [0.1, 0.15) is 32.8 Å². The molecule has 198 valence electrons. The molecule has 0 unspecified atom stereocenters. The molecule has 11 heteroatoms. The second kappa shape index (κ2) is 13.2. The first kappa shape index (κ1) is 29.7. The van der Waals surface area contributed by atoms with Gasteiger partial charge in [0.1, 0.15) is 18.3 Å². The topological polar surface area (TPSA) is 96.0 Å². The van der Waals surface area contributed by atoms with E-state index in [9.17, 15) is 18.0 Å². The van der Waals surface area contributed by atoms with Crippen molar-refractivity contribution in [3.05, 3.63) is 58.1 Å². The average molecular weight is 559 g/mol. The summed E-state index contributed by atoms with van der Waals surface area (Å²) in [7, 11) is -2.36. The quantitative estimate of drug-likeness (QED) is 0.418. The number of ether oxygens (including phenoxy) is 1. The minimum absolute atomic E-state index is 0.0146. The smallest absolute Gasteiger partial charge is 0.244 e. The maximum atomic E-state index is 13.7. The molecule has 2 rings (SSSR count). The standard InChI is InChI=1S/C25H33Cl2N3O5S/c1-6-21(25(32)28-14-17(2)3)29(15-18-10-12-19(35-4)13-11-18)23(31)16-30(36(5,33)34)22-9-7-8-20(26)24(22)27/h7-13,17,21H,6,14-16H2,1-5H3,(H,28,32)/t21-/m0/s1. The maximum absolute atomic E-state index is 13.7. The monoisotopic (exact) mass is 557 g/mol. The highest BCUT2D eigenvalue weighted by atomic mass is 35.5. The minimum Gasteiger partial charge on any atom is -0.497 e. The number of nitrogens with zero attached hydrogens (tertiary/aromatic N) is 2. The molecule has 0 heterocycles. The Bertz CT molecular complexity index is 1160. The molecule has 0 aliphatic heterocycles. The van der Waals surface area contributed by atoms with Crippen LogP contribution in [0.5, 0.6) is 5.75 Å². The highest BCUT2D eigenvalue weighted by Gasteiger charge is 2.32. The number of carbonyl (C=O) groups is 2. The van der Waals surface area contributed by atoms with E-state index in [4.69, 9.17) is 27.9 Å². The van der Waals surface area contributed by atoms with Crippen molar-refractivity contribution in [1.29, 1.82) is 0 Å². The van der Waals surface area contributed by atoms with Crippen LogP contribution in [0.25, 0.3) is 0 Å². The SMILES string of the molecule is CC[C@@H](C(=O)NCC(C)C)N(Cc1ccc(OC)cc1)C(=O)CN(c1cccc(Cl)c1Cl)S(C)(=O)=O. The van der Waals surface area contributed by atoms with Gasteiger partial charge in [0.05, 0.1) is 29.1 Å². The maximum Gasteiger partial charge on any atom is 0.244 e. The molecule has 0 aromatic heterocycles. The van der Waals surface area contributed by atoms with Crippen molar-refractivity contribution in [3.63, 3.8) is 0 Å². The van der Waals surface area contributed by atoms with Gasteiger partial charge in [0.15, 0.2) is 0 Å². The Morgan fingerprint density at radius 1 is 1.08 bits per heavy atom. The summed E-state index contributed by atoms with van der Waals surface area (Å²) in [5, 5.41) is 3.05.